The van der Waals surface area contributed by atoms with Crippen LogP contribution < -0.4 is 5.73 Å². The molecule has 14 heavy (non-hydrogen) atoms. The second-order valence-corrected chi connectivity index (χ2v) is 3.31. The number of aromatic nitrogens is 2. The van der Waals surface area contributed by atoms with Gasteiger partial charge in [-0.1, -0.05) is 0 Å². The van der Waals surface area contributed by atoms with Crippen molar-refractivity contribution < 1.29 is 4.79 Å². The second-order valence-electron chi connectivity index (χ2n) is 3.31. The molecule has 3 N–H and O–H groups in total. The van der Waals surface area contributed by atoms with Crippen LogP contribution in [0.1, 0.15) is 23.8 Å². The van der Waals surface area contributed by atoms with Crippen LogP contribution in [0.3, 0.4) is 0 Å². The van der Waals surface area contributed by atoms with Gasteiger partial charge in [0.1, 0.15) is 5.69 Å². The van der Waals surface area contributed by atoms with Gasteiger partial charge in [-0.15, -0.1) is 0 Å². The minimum absolute atomic E-state index is 0.0524. The van der Waals surface area contributed by atoms with Crippen LogP contribution in [0.15, 0.2) is 12.3 Å². The van der Waals surface area contributed by atoms with Gasteiger partial charge in [-0.25, -0.2) is 0 Å². The molecule has 0 radical (unpaired) electrons. The number of aromatic amines is 1. The van der Waals surface area contributed by atoms with Gasteiger partial charge in [-0.3, -0.25) is 9.89 Å². The first kappa shape index (κ1) is 10.7. The predicted octanol–water partition coefficient (Wildman–Crippen LogP) is 0.219. The minimum Gasteiger partial charge on any atom is -0.338 e. The summed E-state index contributed by atoms with van der Waals surface area (Å²) in [6, 6.07) is 1.81. The Morgan fingerprint density at radius 3 is 3.00 bits per heavy atom. The molecule has 0 aliphatic carbocycles. The Kier molecular flexibility index (Phi) is 3.64. The molecular formula is C9H16N4O. The standard InChI is InChI=1S/C9H16N4O/c1-7(3-5-10)13(2)9(14)8-4-6-11-12-8/h4,6-7H,3,5,10H2,1-2H3,(H,11,12). The van der Waals surface area contributed by atoms with Crippen molar-refractivity contribution >= 4 is 5.91 Å². The number of hydrogen-bond acceptors (Lipinski definition) is 3. The maximum Gasteiger partial charge on any atom is 0.271 e. The maximum absolute atomic E-state index is 11.7. The van der Waals surface area contributed by atoms with Crippen molar-refractivity contribution in [3.8, 4) is 0 Å². The third-order valence-corrected chi connectivity index (χ3v) is 2.30. The zero-order valence-electron chi connectivity index (χ0n) is 8.53. The Morgan fingerprint density at radius 1 is 1.79 bits per heavy atom. The fourth-order valence-electron chi connectivity index (χ4n) is 1.20. The highest BCUT2D eigenvalue weighted by Gasteiger charge is 2.17. The lowest BCUT2D eigenvalue weighted by Crippen LogP contribution is -2.36. The monoisotopic (exact) mass is 196 g/mol. The summed E-state index contributed by atoms with van der Waals surface area (Å²) in [7, 11) is 1.77. The number of carbonyl (C=O) groups excluding carboxylic acids is 1. The van der Waals surface area contributed by atoms with E-state index in [-0.39, 0.29) is 11.9 Å². The van der Waals surface area contributed by atoms with E-state index in [1.807, 2.05) is 6.92 Å². The fourth-order valence-corrected chi connectivity index (χ4v) is 1.20. The summed E-state index contributed by atoms with van der Waals surface area (Å²) in [5.41, 5.74) is 5.94. The lowest BCUT2D eigenvalue weighted by atomic mass is 10.2. The molecule has 0 aliphatic rings. The number of H-pyrrole nitrogens is 1. The van der Waals surface area contributed by atoms with E-state index in [2.05, 4.69) is 10.2 Å². The summed E-state index contributed by atoms with van der Waals surface area (Å²) in [4.78, 5) is 13.4. The third-order valence-electron chi connectivity index (χ3n) is 2.30. The third kappa shape index (κ3) is 2.32. The Labute approximate surface area is 83.3 Å². The smallest absolute Gasteiger partial charge is 0.271 e. The molecule has 1 aromatic heterocycles. The Balaban J connectivity index is 2.61. The van der Waals surface area contributed by atoms with Crippen LogP contribution in [0, 0.1) is 0 Å². The lowest BCUT2D eigenvalue weighted by molar-refractivity contribution is 0.0733. The van der Waals surface area contributed by atoms with E-state index in [9.17, 15) is 4.79 Å². The van der Waals surface area contributed by atoms with Crippen molar-refractivity contribution in [3.63, 3.8) is 0 Å². The molecule has 0 aromatic carbocycles. The summed E-state index contributed by atoms with van der Waals surface area (Å²) in [5, 5.41) is 6.38. The zero-order valence-corrected chi connectivity index (χ0v) is 8.53. The van der Waals surface area contributed by atoms with Gasteiger partial charge in [0, 0.05) is 19.3 Å². The number of carbonyl (C=O) groups is 1. The van der Waals surface area contributed by atoms with E-state index in [4.69, 9.17) is 5.73 Å². The summed E-state index contributed by atoms with van der Waals surface area (Å²) in [6.07, 6.45) is 2.37. The maximum atomic E-state index is 11.7. The first-order valence-electron chi connectivity index (χ1n) is 4.63. The van der Waals surface area contributed by atoms with E-state index in [0.29, 0.717) is 12.2 Å². The van der Waals surface area contributed by atoms with Gasteiger partial charge < -0.3 is 10.6 Å². The predicted molar refractivity (Wildman–Crippen MR) is 53.8 cm³/mol. The van der Waals surface area contributed by atoms with Crippen LogP contribution in [-0.4, -0.2) is 40.6 Å². The molecule has 5 heteroatoms. The molecule has 0 spiro atoms. The number of rotatable bonds is 4. The summed E-state index contributed by atoms with van der Waals surface area (Å²) in [5.74, 6) is -0.0524. The number of nitrogens with two attached hydrogens (primary N) is 1. The van der Waals surface area contributed by atoms with E-state index >= 15 is 0 Å². The first-order valence-corrected chi connectivity index (χ1v) is 4.63. The highest BCUT2D eigenvalue weighted by Crippen LogP contribution is 2.05. The average molecular weight is 196 g/mol. The Bertz CT molecular complexity index is 283. The summed E-state index contributed by atoms with van der Waals surface area (Å²) >= 11 is 0. The SMILES string of the molecule is CC(CCN)N(C)C(=O)c1ccn[nH]1. The molecule has 0 bridgehead atoms. The summed E-state index contributed by atoms with van der Waals surface area (Å²) in [6.45, 7) is 2.56. The van der Waals surface area contributed by atoms with E-state index in [0.717, 1.165) is 6.42 Å². The Hall–Kier alpha value is -1.36. The lowest BCUT2D eigenvalue weighted by Gasteiger charge is -2.23. The average Bonchev–Trinajstić information content (AvgIpc) is 2.68. The number of nitrogens with one attached hydrogen (secondary N) is 1. The molecule has 1 amide bonds. The largest absolute Gasteiger partial charge is 0.338 e. The van der Waals surface area contributed by atoms with E-state index in [1.165, 1.54) is 0 Å². The number of amides is 1. The van der Waals surface area contributed by atoms with Crippen LogP contribution in [0.2, 0.25) is 0 Å². The number of hydrogen-bond donors (Lipinski definition) is 2. The van der Waals surface area contributed by atoms with Gasteiger partial charge in [-0.2, -0.15) is 5.10 Å². The van der Waals surface area contributed by atoms with Crippen LogP contribution in [0.4, 0.5) is 0 Å². The second kappa shape index (κ2) is 4.76. The molecule has 1 rings (SSSR count). The van der Waals surface area contributed by atoms with Gasteiger partial charge >= 0.3 is 0 Å². The fraction of sp³-hybridized carbons (Fsp3) is 0.556. The van der Waals surface area contributed by atoms with E-state index in [1.54, 1.807) is 24.2 Å². The molecule has 5 nitrogen and oxygen atoms in total. The van der Waals surface area contributed by atoms with Gasteiger partial charge in [0.15, 0.2) is 0 Å². The molecule has 0 saturated carbocycles. The minimum atomic E-state index is -0.0524. The van der Waals surface area contributed by atoms with Gasteiger partial charge in [0.2, 0.25) is 0 Å². The van der Waals surface area contributed by atoms with Crippen molar-refractivity contribution in [1.29, 1.82) is 0 Å². The van der Waals surface area contributed by atoms with Crippen molar-refractivity contribution in [1.82, 2.24) is 15.1 Å². The zero-order chi connectivity index (χ0) is 10.6. The van der Waals surface area contributed by atoms with Crippen LogP contribution >= 0.6 is 0 Å². The molecule has 1 heterocycles. The van der Waals surface area contributed by atoms with Crippen molar-refractivity contribution in [2.45, 2.75) is 19.4 Å². The topological polar surface area (TPSA) is 75.0 Å². The van der Waals surface area contributed by atoms with Crippen LogP contribution in [-0.2, 0) is 0 Å². The molecular weight excluding hydrogens is 180 g/mol. The van der Waals surface area contributed by atoms with Crippen LogP contribution in [0.5, 0.6) is 0 Å². The molecule has 1 atom stereocenters. The first-order chi connectivity index (χ1) is 6.66. The van der Waals surface area contributed by atoms with Crippen LogP contribution in [0.25, 0.3) is 0 Å². The molecule has 0 aliphatic heterocycles. The van der Waals surface area contributed by atoms with Crippen molar-refractivity contribution in [2.24, 2.45) is 5.73 Å². The summed E-state index contributed by atoms with van der Waals surface area (Å²) < 4.78 is 0. The molecule has 0 saturated heterocycles. The number of nitrogens with zero attached hydrogens (tertiary/aromatic N) is 2. The molecule has 1 unspecified atom stereocenters. The Morgan fingerprint density at radius 2 is 2.50 bits per heavy atom. The van der Waals surface area contributed by atoms with Gasteiger partial charge in [-0.05, 0) is 26.0 Å². The van der Waals surface area contributed by atoms with Crippen molar-refractivity contribution in [3.05, 3.63) is 18.0 Å². The van der Waals surface area contributed by atoms with Gasteiger partial charge in [0.25, 0.3) is 5.91 Å². The van der Waals surface area contributed by atoms with Gasteiger partial charge in [0.05, 0.1) is 0 Å². The normalized spacial score (nSPS) is 12.5. The van der Waals surface area contributed by atoms with E-state index < -0.39 is 0 Å². The highest BCUT2D eigenvalue weighted by atomic mass is 16.2. The highest BCUT2D eigenvalue weighted by molar-refractivity contribution is 5.92. The van der Waals surface area contributed by atoms with Crippen molar-refractivity contribution in [2.75, 3.05) is 13.6 Å². The molecule has 1 aromatic rings. The quantitative estimate of drug-likeness (QED) is 0.723. The molecule has 0 fully saturated rings. The molecule has 78 valence electrons.